The number of aryl methyl sites for hydroxylation is 1. The highest BCUT2D eigenvalue weighted by Gasteiger charge is 2.21. The minimum atomic E-state index is -0.0262. The maximum atomic E-state index is 12.4. The second-order valence-corrected chi connectivity index (χ2v) is 8.01. The highest BCUT2D eigenvalue weighted by Crippen LogP contribution is 2.13. The summed E-state index contributed by atoms with van der Waals surface area (Å²) >= 11 is 1.68. The lowest BCUT2D eigenvalue weighted by atomic mass is 10.3. The predicted octanol–water partition coefficient (Wildman–Crippen LogP) is 2.66. The summed E-state index contributed by atoms with van der Waals surface area (Å²) in [5.74, 6) is 0.603. The van der Waals surface area contributed by atoms with Crippen LogP contribution in [0.3, 0.4) is 0 Å². The van der Waals surface area contributed by atoms with Crippen molar-refractivity contribution in [3.8, 4) is 5.88 Å². The Morgan fingerprint density at radius 2 is 2.07 bits per heavy atom. The van der Waals surface area contributed by atoms with Gasteiger partial charge in [0.2, 0.25) is 5.88 Å². The molecule has 8 heteroatoms. The summed E-state index contributed by atoms with van der Waals surface area (Å²) in [5.41, 5.74) is 2.07. The van der Waals surface area contributed by atoms with Crippen molar-refractivity contribution in [2.24, 2.45) is 0 Å². The van der Waals surface area contributed by atoms with Crippen molar-refractivity contribution < 1.29 is 9.53 Å². The number of nitrogens with one attached hydrogen (secondary N) is 1. The topological polar surface area (TPSA) is 70.6 Å². The van der Waals surface area contributed by atoms with Crippen LogP contribution in [0.15, 0.2) is 23.7 Å². The first kappa shape index (κ1) is 19.6. The van der Waals surface area contributed by atoms with Crippen LogP contribution in [-0.2, 0) is 13.1 Å². The van der Waals surface area contributed by atoms with Crippen LogP contribution >= 0.6 is 11.3 Å². The summed E-state index contributed by atoms with van der Waals surface area (Å²) in [4.78, 5) is 25.4. The Morgan fingerprint density at radius 3 is 2.67 bits per heavy atom. The molecule has 1 saturated heterocycles. The first-order chi connectivity index (χ1) is 13.0. The lowest BCUT2D eigenvalue weighted by Gasteiger charge is -2.34. The molecule has 0 radical (unpaired) electrons. The number of carbonyl (C=O) groups is 1. The second-order valence-electron chi connectivity index (χ2n) is 6.95. The normalized spacial score (nSPS) is 15.2. The quantitative estimate of drug-likeness (QED) is 0.822. The van der Waals surface area contributed by atoms with Crippen LogP contribution in [0.25, 0.3) is 0 Å². The van der Waals surface area contributed by atoms with Gasteiger partial charge in [-0.05, 0) is 26.3 Å². The molecule has 3 heterocycles. The molecule has 0 spiro atoms. The lowest BCUT2D eigenvalue weighted by Crippen LogP contribution is -2.51. The van der Waals surface area contributed by atoms with Gasteiger partial charge in [0.1, 0.15) is 0 Å². The average Bonchev–Trinajstić information content (AvgIpc) is 3.06. The highest BCUT2D eigenvalue weighted by atomic mass is 32.1. The molecule has 2 amide bonds. The summed E-state index contributed by atoms with van der Waals surface area (Å²) in [6.45, 7) is 10.5. The van der Waals surface area contributed by atoms with E-state index in [1.165, 1.54) is 0 Å². The second kappa shape index (κ2) is 9.14. The fraction of sp³-hybridized carbons (Fsp3) is 0.526. The number of thiazole rings is 1. The van der Waals surface area contributed by atoms with Gasteiger partial charge in [-0.2, -0.15) is 0 Å². The van der Waals surface area contributed by atoms with Crippen LogP contribution in [0.1, 0.15) is 30.1 Å². The van der Waals surface area contributed by atoms with Gasteiger partial charge in [0.15, 0.2) is 0 Å². The van der Waals surface area contributed by atoms with Crippen LogP contribution in [0, 0.1) is 6.92 Å². The SMILES string of the molecule is Cc1nc(CN2CCN(C(=O)NCc3ccc(OC(C)C)nc3)CC2)cs1. The number of nitrogens with zero attached hydrogens (tertiary/aromatic N) is 4. The van der Waals surface area contributed by atoms with E-state index in [1.807, 2.05) is 37.8 Å². The van der Waals surface area contributed by atoms with Gasteiger partial charge in [0, 0.05) is 56.9 Å². The maximum absolute atomic E-state index is 12.4. The van der Waals surface area contributed by atoms with Gasteiger partial charge in [-0.1, -0.05) is 6.07 Å². The van der Waals surface area contributed by atoms with E-state index < -0.39 is 0 Å². The zero-order valence-corrected chi connectivity index (χ0v) is 17.0. The minimum absolute atomic E-state index is 0.0262. The number of piperazine rings is 1. The van der Waals surface area contributed by atoms with Crippen molar-refractivity contribution in [2.45, 2.75) is 40.0 Å². The first-order valence-electron chi connectivity index (χ1n) is 9.27. The van der Waals surface area contributed by atoms with Crippen molar-refractivity contribution in [3.05, 3.63) is 40.0 Å². The van der Waals surface area contributed by atoms with Gasteiger partial charge in [-0.25, -0.2) is 14.8 Å². The lowest BCUT2D eigenvalue weighted by molar-refractivity contribution is 0.134. The molecule has 7 nitrogen and oxygen atoms in total. The largest absolute Gasteiger partial charge is 0.475 e. The summed E-state index contributed by atoms with van der Waals surface area (Å²) < 4.78 is 5.53. The van der Waals surface area contributed by atoms with Crippen LogP contribution in [0.4, 0.5) is 4.79 Å². The van der Waals surface area contributed by atoms with Gasteiger partial charge in [0.25, 0.3) is 0 Å². The minimum Gasteiger partial charge on any atom is -0.475 e. The average molecular weight is 390 g/mol. The smallest absolute Gasteiger partial charge is 0.317 e. The molecule has 0 bridgehead atoms. The van der Waals surface area contributed by atoms with Crippen LogP contribution in [-0.4, -0.2) is 58.1 Å². The Hall–Kier alpha value is -2.19. The summed E-state index contributed by atoms with van der Waals surface area (Å²) in [6, 6.07) is 3.74. The third-order valence-corrected chi connectivity index (χ3v) is 5.13. The predicted molar refractivity (Wildman–Crippen MR) is 106 cm³/mol. The Bertz CT molecular complexity index is 739. The van der Waals surface area contributed by atoms with Crippen molar-refractivity contribution in [1.29, 1.82) is 0 Å². The molecule has 2 aromatic heterocycles. The monoisotopic (exact) mass is 389 g/mol. The van der Waals surface area contributed by atoms with Crippen LogP contribution in [0.2, 0.25) is 0 Å². The molecule has 1 aliphatic rings. The third-order valence-electron chi connectivity index (χ3n) is 4.31. The molecule has 0 saturated carbocycles. The zero-order chi connectivity index (χ0) is 19.2. The number of aromatic nitrogens is 2. The molecular formula is C19H27N5O2S. The van der Waals surface area contributed by atoms with Gasteiger partial charge >= 0.3 is 6.03 Å². The maximum Gasteiger partial charge on any atom is 0.317 e. The van der Waals surface area contributed by atoms with E-state index in [9.17, 15) is 4.79 Å². The molecular weight excluding hydrogens is 362 g/mol. The van der Waals surface area contributed by atoms with E-state index >= 15 is 0 Å². The van der Waals surface area contributed by atoms with E-state index in [-0.39, 0.29) is 12.1 Å². The fourth-order valence-electron chi connectivity index (χ4n) is 2.94. The van der Waals surface area contributed by atoms with Crippen molar-refractivity contribution in [1.82, 2.24) is 25.1 Å². The van der Waals surface area contributed by atoms with Gasteiger partial charge in [0.05, 0.1) is 16.8 Å². The van der Waals surface area contributed by atoms with Gasteiger partial charge in [-0.15, -0.1) is 11.3 Å². The molecule has 0 aromatic carbocycles. The number of carbonyl (C=O) groups excluding carboxylic acids is 1. The molecule has 3 rings (SSSR count). The molecule has 0 aliphatic carbocycles. The molecule has 1 aliphatic heterocycles. The molecule has 0 unspecified atom stereocenters. The molecule has 2 aromatic rings. The van der Waals surface area contributed by atoms with Crippen molar-refractivity contribution in [3.63, 3.8) is 0 Å². The highest BCUT2D eigenvalue weighted by molar-refractivity contribution is 7.09. The molecule has 146 valence electrons. The van der Waals surface area contributed by atoms with Crippen molar-refractivity contribution in [2.75, 3.05) is 26.2 Å². The molecule has 1 N–H and O–H groups in total. The number of rotatable bonds is 6. The summed E-state index contributed by atoms with van der Waals surface area (Å²) in [5, 5.41) is 6.18. The summed E-state index contributed by atoms with van der Waals surface area (Å²) in [7, 11) is 0. The van der Waals surface area contributed by atoms with Crippen molar-refractivity contribution >= 4 is 17.4 Å². The number of ether oxygens (including phenoxy) is 1. The standard InChI is InChI=1S/C19H27N5O2S/c1-14(2)26-18-5-4-16(10-20-18)11-21-19(25)24-8-6-23(7-9-24)12-17-13-27-15(3)22-17/h4-5,10,13-14H,6-9,11-12H2,1-3H3,(H,21,25). The molecule has 0 atom stereocenters. The van der Waals surface area contributed by atoms with Crippen LogP contribution < -0.4 is 10.1 Å². The number of hydrogen-bond acceptors (Lipinski definition) is 6. The first-order valence-corrected chi connectivity index (χ1v) is 10.2. The summed E-state index contributed by atoms with van der Waals surface area (Å²) in [6.07, 6.45) is 1.84. The van der Waals surface area contributed by atoms with E-state index in [0.717, 1.165) is 49.0 Å². The Morgan fingerprint density at radius 1 is 1.30 bits per heavy atom. The molecule has 27 heavy (non-hydrogen) atoms. The van der Waals surface area contributed by atoms with Gasteiger partial charge < -0.3 is 15.0 Å². The number of amides is 2. The van der Waals surface area contributed by atoms with E-state index in [4.69, 9.17) is 4.74 Å². The van der Waals surface area contributed by atoms with Gasteiger partial charge in [-0.3, -0.25) is 4.90 Å². The Balaban J connectivity index is 1.40. The molecule has 1 fully saturated rings. The Labute approximate surface area is 164 Å². The number of urea groups is 1. The zero-order valence-electron chi connectivity index (χ0n) is 16.1. The number of pyridine rings is 1. The van der Waals surface area contributed by atoms with E-state index in [2.05, 4.69) is 25.6 Å². The van der Waals surface area contributed by atoms with E-state index in [0.29, 0.717) is 12.4 Å². The third kappa shape index (κ3) is 5.90. The Kier molecular flexibility index (Phi) is 6.63. The number of hydrogen-bond donors (Lipinski definition) is 1. The fourth-order valence-corrected chi connectivity index (χ4v) is 3.54. The van der Waals surface area contributed by atoms with E-state index in [1.54, 1.807) is 17.5 Å². The van der Waals surface area contributed by atoms with Crippen LogP contribution in [0.5, 0.6) is 5.88 Å².